The zero-order valence-corrected chi connectivity index (χ0v) is 15.2. The number of halogens is 3. The molecule has 0 amide bonds. The van der Waals surface area contributed by atoms with E-state index in [4.69, 9.17) is 0 Å². The number of hydrogen-bond acceptors (Lipinski definition) is 1. The van der Waals surface area contributed by atoms with Gasteiger partial charge in [0.15, 0.2) is 0 Å². The Morgan fingerprint density at radius 3 is 1.60 bits per heavy atom. The van der Waals surface area contributed by atoms with Crippen LogP contribution >= 0.6 is 0 Å². The Kier molecular flexibility index (Phi) is 14.9. The average Bonchev–Trinajstić information content (AvgIpc) is 2.56. The van der Waals surface area contributed by atoms with Crippen LogP contribution in [0.4, 0.5) is 13.2 Å². The maximum atomic E-state index is 12.0. The minimum absolute atomic E-state index is 0.243. The van der Waals surface area contributed by atoms with Gasteiger partial charge in [0.2, 0.25) is 5.78 Å². The maximum Gasteiger partial charge on any atom is 0.449 e. The number of carbonyl (C=O) groups is 1. The fourth-order valence-corrected chi connectivity index (χ4v) is 2.08. The summed E-state index contributed by atoms with van der Waals surface area (Å²) in [4.78, 5) is 10.7. The Balaban J connectivity index is 3.54. The lowest BCUT2D eigenvalue weighted by Gasteiger charge is -2.02. The molecule has 0 aliphatic heterocycles. The van der Waals surface area contributed by atoms with Gasteiger partial charge in [0, 0.05) is 6.42 Å². The zero-order chi connectivity index (χ0) is 18.8. The lowest BCUT2D eigenvalue weighted by Crippen LogP contribution is -2.22. The predicted octanol–water partition coefficient (Wildman–Crippen LogP) is 7.26. The fourth-order valence-electron chi connectivity index (χ4n) is 2.08. The Bertz CT molecular complexity index is 443. The van der Waals surface area contributed by atoms with Crippen molar-refractivity contribution in [1.82, 2.24) is 0 Å². The largest absolute Gasteiger partial charge is 0.449 e. The SMILES string of the molecule is CCCCC/C=C/C/C=C/C/C=C\C/C=C/CCCC(=O)C(F)(F)F. The molecule has 0 aromatic rings. The van der Waals surface area contributed by atoms with Gasteiger partial charge in [-0.3, -0.25) is 4.79 Å². The van der Waals surface area contributed by atoms with E-state index in [1.807, 2.05) is 18.2 Å². The quantitative estimate of drug-likeness (QED) is 0.236. The third-order valence-electron chi connectivity index (χ3n) is 3.55. The minimum atomic E-state index is -4.69. The van der Waals surface area contributed by atoms with Crippen molar-refractivity contribution < 1.29 is 18.0 Å². The first-order valence-corrected chi connectivity index (χ1v) is 9.18. The molecule has 0 fully saturated rings. The van der Waals surface area contributed by atoms with Crippen LogP contribution in [-0.4, -0.2) is 12.0 Å². The first-order valence-electron chi connectivity index (χ1n) is 9.18. The van der Waals surface area contributed by atoms with Gasteiger partial charge in [0.05, 0.1) is 0 Å². The molecule has 0 rings (SSSR count). The van der Waals surface area contributed by atoms with E-state index in [2.05, 4.69) is 37.3 Å². The van der Waals surface area contributed by atoms with Gasteiger partial charge in [-0.15, -0.1) is 0 Å². The van der Waals surface area contributed by atoms with Crippen LogP contribution in [-0.2, 0) is 4.79 Å². The minimum Gasteiger partial charge on any atom is -0.290 e. The molecule has 0 saturated heterocycles. The summed E-state index contributed by atoms with van der Waals surface area (Å²) < 4.78 is 35.9. The Labute approximate surface area is 150 Å². The second kappa shape index (κ2) is 15.9. The summed E-state index contributed by atoms with van der Waals surface area (Å²) >= 11 is 0. The van der Waals surface area contributed by atoms with Crippen molar-refractivity contribution in [3.05, 3.63) is 48.6 Å². The summed E-state index contributed by atoms with van der Waals surface area (Å²) in [7, 11) is 0. The highest BCUT2D eigenvalue weighted by molar-refractivity contribution is 5.83. The van der Waals surface area contributed by atoms with Crippen LogP contribution in [0.5, 0.6) is 0 Å². The van der Waals surface area contributed by atoms with Crippen molar-refractivity contribution in [2.24, 2.45) is 0 Å². The van der Waals surface area contributed by atoms with Gasteiger partial charge in [0.25, 0.3) is 0 Å². The zero-order valence-electron chi connectivity index (χ0n) is 15.2. The molecule has 25 heavy (non-hydrogen) atoms. The van der Waals surface area contributed by atoms with E-state index in [0.717, 1.165) is 25.7 Å². The lowest BCUT2D eigenvalue weighted by atomic mass is 10.1. The first-order chi connectivity index (χ1) is 12.0. The van der Waals surface area contributed by atoms with E-state index >= 15 is 0 Å². The van der Waals surface area contributed by atoms with Gasteiger partial charge < -0.3 is 0 Å². The molecule has 0 N–H and O–H groups in total. The molecule has 0 aliphatic carbocycles. The predicted molar refractivity (Wildman–Crippen MR) is 99.5 cm³/mol. The summed E-state index contributed by atoms with van der Waals surface area (Å²) in [6.07, 6.45) is 19.8. The molecule has 0 aliphatic rings. The highest BCUT2D eigenvalue weighted by atomic mass is 19.4. The fraction of sp³-hybridized carbons (Fsp3) is 0.571. The molecule has 0 saturated carbocycles. The van der Waals surface area contributed by atoms with Crippen LogP contribution in [0.2, 0.25) is 0 Å². The van der Waals surface area contributed by atoms with E-state index in [9.17, 15) is 18.0 Å². The molecule has 0 aromatic heterocycles. The maximum absolute atomic E-state index is 12.0. The van der Waals surface area contributed by atoms with Crippen molar-refractivity contribution in [1.29, 1.82) is 0 Å². The van der Waals surface area contributed by atoms with Crippen LogP contribution in [0.25, 0.3) is 0 Å². The smallest absolute Gasteiger partial charge is 0.290 e. The van der Waals surface area contributed by atoms with E-state index < -0.39 is 18.4 Å². The number of ketones is 1. The Morgan fingerprint density at radius 1 is 0.720 bits per heavy atom. The van der Waals surface area contributed by atoms with Gasteiger partial charge in [-0.2, -0.15) is 13.2 Å². The van der Waals surface area contributed by atoms with Gasteiger partial charge in [-0.1, -0.05) is 68.4 Å². The number of alkyl halides is 3. The highest BCUT2D eigenvalue weighted by Gasteiger charge is 2.36. The van der Waals surface area contributed by atoms with Crippen LogP contribution in [0, 0.1) is 0 Å². The van der Waals surface area contributed by atoms with Crippen molar-refractivity contribution >= 4 is 5.78 Å². The van der Waals surface area contributed by atoms with E-state index in [-0.39, 0.29) is 6.42 Å². The Hall–Kier alpha value is -1.58. The molecular formula is C21H31F3O. The van der Waals surface area contributed by atoms with Gasteiger partial charge in [0.1, 0.15) is 0 Å². The monoisotopic (exact) mass is 356 g/mol. The summed E-state index contributed by atoms with van der Waals surface area (Å²) in [5.74, 6) is -1.64. The molecular weight excluding hydrogens is 325 g/mol. The van der Waals surface area contributed by atoms with E-state index in [1.165, 1.54) is 19.3 Å². The first kappa shape index (κ1) is 23.4. The number of carbonyl (C=O) groups excluding carboxylic acids is 1. The normalized spacial score (nSPS) is 13.1. The summed E-state index contributed by atoms with van der Waals surface area (Å²) in [5.41, 5.74) is 0. The van der Waals surface area contributed by atoms with Crippen LogP contribution in [0.3, 0.4) is 0 Å². The molecule has 4 heteroatoms. The van der Waals surface area contributed by atoms with E-state index in [1.54, 1.807) is 0 Å². The van der Waals surface area contributed by atoms with Crippen molar-refractivity contribution in [2.45, 2.75) is 77.3 Å². The van der Waals surface area contributed by atoms with Crippen molar-refractivity contribution in [3.8, 4) is 0 Å². The standard InChI is InChI=1S/C21H31F3O/c1-2-3-4-5-6-7-8-9-10-11-12-13-14-15-16-17-18-19-20(25)21(22,23)24/h6-7,9-10,12-13,15-16H,2-5,8,11,14,17-19H2,1H3/b7-6+,10-9+,13-12-,16-15+. The lowest BCUT2D eigenvalue weighted by molar-refractivity contribution is -0.171. The number of hydrogen-bond donors (Lipinski definition) is 0. The number of rotatable bonds is 14. The van der Waals surface area contributed by atoms with Gasteiger partial charge >= 0.3 is 6.18 Å². The molecule has 0 radical (unpaired) electrons. The third-order valence-corrected chi connectivity index (χ3v) is 3.55. The average molecular weight is 356 g/mol. The second-order valence-corrected chi connectivity index (χ2v) is 5.90. The third kappa shape index (κ3) is 17.0. The number of allylic oxidation sites excluding steroid dienone is 8. The van der Waals surface area contributed by atoms with Crippen LogP contribution in [0.1, 0.15) is 71.1 Å². The summed E-state index contributed by atoms with van der Waals surface area (Å²) in [6, 6.07) is 0. The summed E-state index contributed by atoms with van der Waals surface area (Å²) in [5, 5.41) is 0. The molecule has 0 atom stereocenters. The van der Waals surface area contributed by atoms with Gasteiger partial charge in [-0.25, -0.2) is 0 Å². The molecule has 1 nitrogen and oxygen atoms in total. The Morgan fingerprint density at radius 2 is 1.16 bits per heavy atom. The van der Waals surface area contributed by atoms with Crippen LogP contribution < -0.4 is 0 Å². The van der Waals surface area contributed by atoms with Crippen molar-refractivity contribution in [2.75, 3.05) is 0 Å². The molecule has 0 unspecified atom stereocenters. The summed E-state index contributed by atoms with van der Waals surface area (Å²) in [6.45, 7) is 2.20. The molecule has 0 heterocycles. The topological polar surface area (TPSA) is 17.1 Å². The number of unbranched alkanes of at least 4 members (excludes halogenated alkanes) is 4. The van der Waals surface area contributed by atoms with Gasteiger partial charge in [-0.05, 0) is 44.9 Å². The number of Topliss-reactive ketones (excluding diaryl/α,β-unsaturated/α-hetero) is 1. The molecule has 0 spiro atoms. The van der Waals surface area contributed by atoms with Crippen molar-refractivity contribution in [3.63, 3.8) is 0 Å². The van der Waals surface area contributed by atoms with E-state index in [0.29, 0.717) is 6.42 Å². The molecule has 0 aromatic carbocycles. The molecule has 0 bridgehead atoms. The molecule has 142 valence electrons. The highest BCUT2D eigenvalue weighted by Crippen LogP contribution is 2.19. The second-order valence-electron chi connectivity index (χ2n) is 5.90. The van der Waals surface area contributed by atoms with Crippen LogP contribution in [0.15, 0.2) is 48.6 Å².